The lowest BCUT2D eigenvalue weighted by molar-refractivity contribution is 0.0601. The zero-order valence-corrected chi connectivity index (χ0v) is 16.5. The van der Waals surface area contributed by atoms with E-state index in [1.165, 1.54) is 18.9 Å². The Morgan fingerprint density at radius 1 is 1.11 bits per heavy atom. The third-order valence-corrected chi connectivity index (χ3v) is 4.62. The predicted molar refractivity (Wildman–Crippen MR) is 110 cm³/mol. The molecule has 1 aromatic heterocycles. The Balaban J connectivity index is 2.03. The minimum absolute atomic E-state index is 0.360. The molecule has 28 heavy (non-hydrogen) atoms. The lowest BCUT2D eigenvalue weighted by Crippen LogP contribution is -2.04. The Morgan fingerprint density at radius 2 is 1.79 bits per heavy atom. The largest absolute Gasteiger partial charge is 0.465 e. The van der Waals surface area contributed by atoms with Gasteiger partial charge in [0.15, 0.2) is 11.0 Å². The monoisotopic (exact) mass is 390 g/mol. The van der Waals surface area contributed by atoms with Crippen LogP contribution in [0.5, 0.6) is 0 Å². The van der Waals surface area contributed by atoms with Gasteiger partial charge in [0.1, 0.15) is 11.6 Å². The fraction of sp³-hybridized carbons (Fsp3) is 0.143. The number of hydrogen-bond donors (Lipinski definition) is 1. The number of methoxy groups -OCH3 is 1. The number of aryl methyl sites for hydroxylation is 1. The Morgan fingerprint density at radius 3 is 2.36 bits per heavy atom. The number of benzene rings is 2. The van der Waals surface area contributed by atoms with Crippen LogP contribution in [0.4, 0.5) is 11.5 Å². The van der Waals surface area contributed by atoms with Crippen molar-refractivity contribution in [2.24, 2.45) is 0 Å². The number of nitrogens with one attached hydrogen (secondary N) is 1. The van der Waals surface area contributed by atoms with E-state index in [0.29, 0.717) is 33.5 Å². The van der Waals surface area contributed by atoms with Gasteiger partial charge in [-0.3, -0.25) is 0 Å². The van der Waals surface area contributed by atoms with Crippen molar-refractivity contribution in [2.75, 3.05) is 18.7 Å². The molecular formula is C21H18N4O2S. The number of rotatable bonds is 5. The van der Waals surface area contributed by atoms with Crippen LogP contribution in [-0.4, -0.2) is 29.3 Å². The van der Waals surface area contributed by atoms with Gasteiger partial charge in [-0.2, -0.15) is 5.26 Å². The SMILES string of the molecule is COC(=O)c1ccc(Nc2nc(SC)nc(-c3ccc(C)cc3)c2C#N)cc1. The van der Waals surface area contributed by atoms with Gasteiger partial charge in [-0.25, -0.2) is 14.8 Å². The van der Waals surface area contributed by atoms with Crippen molar-refractivity contribution < 1.29 is 9.53 Å². The number of aromatic nitrogens is 2. The standard InChI is InChI=1S/C21H18N4O2S/c1-13-4-6-14(7-5-13)18-17(12-22)19(25-21(24-18)28-3)23-16-10-8-15(9-11-16)20(26)27-2/h4-11H,1-3H3,(H,23,24,25). The van der Waals surface area contributed by atoms with Crippen LogP contribution in [0.15, 0.2) is 53.7 Å². The third-order valence-electron chi connectivity index (χ3n) is 4.08. The Hall–Kier alpha value is -3.37. The molecule has 0 spiro atoms. The molecule has 1 heterocycles. The molecule has 1 N–H and O–H groups in total. The van der Waals surface area contributed by atoms with E-state index in [4.69, 9.17) is 4.74 Å². The van der Waals surface area contributed by atoms with Crippen LogP contribution in [0.2, 0.25) is 0 Å². The molecule has 0 amide bonds. The zero-order chi connectivity index (χ0) is 20.1. The van der Waals surface area contributed by atoms with Crippen molar-refractivity contribution in [3.05, 3.63) is 65.2 Å². The molecule has 6 nitrogen and oxygen atoms in total. The summed E-state index contributed by atoms with van der Waals surface area (Å²) in [6.07, 6.45) is 1.88. The molecule has 2 aromatic carbocycles. The number of nitriles is 1. The molecule has 140 valence electrons. The van der Waals surface area contributed by atoms with Crippen molar-refractivity contribution in [3.63, 3.8) is 0 Å². The minimum Gasteiger partial charge on any atom is -0.465 e. The van der Waals surface area contributed by atoms with Crippen molar-refractivity contribution >= 4 is 29.2 Å². The van der Waals surface area contributed by atoms with Gasteiger partial charge in [0.2, 0.25) is 0 Å². The molecule has 0 aliphatic heterocycles. The van der Waals surface area contributed by atoms with E-state index in [2.05, 4.69) is 21.4 Å². The normalized spacial score (nSPS) is 10.2. The maximum Gasteiger partial charge on any atom is 0.337 e. The highest BCUT2D eigenvalue weighted by Gasteiger charge is 2.16. The lowest BCUT2D eigenvalue weighted by Gasteiger charge is -2.12. The number of hydrogen-bond acceptors (Lipinski definition) is 7. The Labute approximate surface area is 167 Å². The summed E-state index contributed by atoms with van der Waals surface area (Å²) < 4.78 is 4.71. The van der Waals surface area contributed by atoms with Crippen LogP contribution < -0.4 is 5.32 Å². The zero-order valence-electron chi connectivity index (χ0n) is 15.7. The highest BCUT2D eigenvalue weighted by molar-refractivity contribution is 7.98. The summed E-state index contributed by atoms with van der Waals surface area (Å²) in [5, 5.41) is 13.5. The van der Waals surface area contributed by atoms with Gasteiger partial charge < -0.3 is 10.1 Å². The molecule has 0 saturated heterocycles. The molecule has 0 unspecified atom stereocenters. The van der Waals surface area contributed by atoms with Gasteiger partial charge in [-0.15, -0.1) is 0 Å². The third kappa shape index (κ3) is 4.13. The molecule has 0 fully saturated rings. The first-order chi connectivity index (χ1) is 13.5. The average molecular weight is 390 g/mol. The van der Waals surface area contributed by atoms with Crippen LogP contribution >= 0.6 is 11.8 Å². The smallest absolute Gasteiger partial charge is 0.337 e. The molecule has 0 saturated carbocycles. The molecular weight excluding hydrogens is 372 g/mol. The van der Waals surface area contributed by atoms with Crippen molar-refractivity contribution in [1.29, 1.82) is 5.26 Å². The minimum atomic E-state index is -0.405. The number of esters is 1. The van der Waals surface area contributed by atoms with E-state index in [0.717, 1.165) is 11.1 Å². The summed E-state index contributed by atoms with van der Waals surface area (Å²) in [7, 11) is 1.34. The van der Waals surface area contributed by atoms with Crippen molar-refractivity contribution in [3.8, 4) is 17.3 Å². The number of anilines is 2. The maximum absolute atomic E-state index is 11.6. The summed E-state index contributed by atoms with van der Waals surface area (Å²) >= 11 is 1.40. The first-order valence-corrected chi connectivity index (χ1v) is 9.66. The lowest BCUT2D eigenvalue weighted by atomic mass is 10.1. The van der Waals surface area contributed by atoms with Crippen LogP contribution in [0, 0.1) is 18.3 Å². The highest BCUT2D eigenvalue weighted by atomic mass is 32.2. The van der Waals surface area contributed by atoms with Gasteiger partial charge in [0, 0.05) is 11.3 Å². The first kappa shape index (κ1) is 19.4. The van der Waals surface area contributed by atoms with Crippen LogP contribution in [0.3, 0.4) is 0 Å². The number of ether oxygens (including phenoxy) is 1. The van der Waals surface area contributed by atoms with E-state index in [9.17, 15) is 10.1 Å². The summed E-state index contributed by atoms with van der Waals surface area (Å²) in [4.78, 5) is 20.6. The average Bonchev–Trinajstić information content (AvgIpc) is 2.73. The van der Waals surface area contributed by atoms with Crippen molar-refractivity contribution in [1.82, 2.24) is 9.97 Å². The second kappa shape index (κ2) is 8.55. The van der Waals surface area contributed by atoms with E-state index in [-0.39, 0.29) is 0 Å². The van der Waals surface area contributed by atoms with Gasteiger partial charge >= 0.3 is 5.97 Å². The van der Waals surface area contributed by atoms with Gasteiger partial charge in [-0.05, 0) is 37.4 Å². The van der Waals surface area contributed by atoms with Gasteiger partial charge in [0.05, 0.1) is 18.4 Å². The number of carbonyl (C=O) groups is 1. The molecule has 0 atom stereocenters. The summed E-state index contributed by atoms with van der Waals surface area (Å²) in [6.45, 7) is 2.01. The first-order valence-electron chi connectivity index (χ1n) is 8.44. The topological polar surface area (TPSA) is 87.9 Å². The van der Waals surface area contributed by atoms with E-state index >= 15 is 0 Å². The molecule has 0 radical (unpaired) electrons. The molecule has 0 aliphatic rings. The van der Waals surface area contributed by atoms with E-state index < -0.39 is 5.97 Å². The second-order valence-corrected chi connectivity index (χ2v) is 6.73. The maximum atomic E-state index is 11.6. The van der Waals surface area contributed by atoms with Gasteiger partial charge in [0.25, 0.3) is 0 Å². The van der Waals surface area contributed by atoms with Crippen LogP contribution in [0.1, 0.15) is 21.5 Å². The van der Waals surface area contributed by atoms with E-state index in [1.807, 2.05) is 37.4 Å². The van der Waals surface area contributed by atoms with E-state index in [1.54, 1.807) is 24.3 Å². The predicted octanol–water partition coefficient (Wildman–Crippen LogP) is 4.58. The summed E-state index contributed by atoms with van der Waals surface area (Å²) in [5.74, 6) is 0.0147. The van der Waals surface area contributed by atoms with Crippen LogP contribution in [-0.2, 0) is 4.74 Å². The Bertz CT molecular complexity index is 1040. The molecule has 0 bridgehead atoms. The quantitative estimate of drug-likeness (QED) is 0.388. The van der Waals surface area contributed by atoms with Crippen LogP contribution in [0.25, 0.3) is 11.3 Å². The summed E-state index contributed by atoms with van der Waals surface area (Å²) in [6, 6.07) is 16.8. The number of nitrogens with zero attached hydrogens (tertiary/aromatic N) is 3. The number of thioether (sulfide) groups is 1. The second-order valence-electron chi connectivity index (χ2n) is 5.95. The molecule has 7 heteroatoms. The van der Waals surface area contributed by atoms with Gasteiger partial charge in [-0.1, -0.05) is 41.6 Å². The fourth-order valence-corrected chi connectivity index (χ4v) is 2.96. The Kier molecular flexibility index (Phi) is 5.92. The molecule has 0 aliphatic carbocycles. The highest BCUT2D eigenvalue weighted by Crippen LogP contribution is 2.30. The number of carbonyl (C=O) groups excluding carboxylic acids is 1. The summed E-state index contributed by atoms with van der Waals surface area (Å²) in [5.41, 5.74) is 4.06. The molecule has 3 aromatic rings. The fourth-order valence-electron chi connectivity index (χ4n) is 2.59. The molecule has 3 rings (SSSR count). The van der Waals surface area contributed by atoms with Crippen molar-refractivity contribution in [2.45, 2.75) is 12.1 Å².